The molecule has 30 heavy (non-hydrogen) atoms. The van der Waals surface area contributed by atoms with Gasteiger partial charge in [-0.25, -0.2) is 4.79 Å². The number of aliphatic hydroxyl groups excluding tert-OH is 1. The van der Waals surface area contributed by atoms with Crippen LogP contribution in [0.25, 0.3) is 0 Å². The molecule has 3 amide bonds. The van der Waals surface area contributed by atoms with Crippen LogP contribution in [0.2, 0.25) is 0 Å². The minimum Gasteiger partial charge on any atom is -0.385 e. The van der Waals surface area contributed by atoms with Crippen LogP contribution in [0.5, 0.6) is 0 Å². The number of hydrogen-bond donors (Lipinski definition) is 3. The molecule has 8 nitrogen and oxygen atoms in total. The Bertz CT molecular complexity index is 677. The Balaban J connectivity index is 1.56. The molecule has 0 aromatic heterocycles. The van der Waals surface area contributed by atoms with Crippen molar-refractivity contribution in [3.8, 4) is 0 Å². The molecule has 1 fully saturated rings. The van der Waals surface area contributed by atoms with Gasteiger partial charge in [-0.15, -0.1) is 0 Å². The average molecular weight is 420 g/mol. The van der Waals surface area contributed by atoms with Gasteiger partial charge < -0.3 is 25.4 Å². The van der Waals surface area contributed by atoms with E-state index in [9.17, 15) is 19.5 Å². The first-order valence-electron chi connectivity index (χ1n) is 10.6. The van der Waals surface area contributed by atoms with Crippen molar-refractivity contribution in [1.29, 1.82) is 0 Å². The van der Waals surface area contributed by atoms with Gasteiger partial charge in [-0.2, -0.15) is 0 Å². The molecule has 2 unspecified atom stereocenters. The second-order valence-electron chi connectivity index (χ2n) is 7.71. The summed E-state index contributed by atoms with van der Waals surface area (Å²) in [5.74, 6) is -0.552. The summed E-state index contributed by atoms with van der Waals surface area (Å²) in [6, 6.07) is 9.54. The normalized spacial score (nSPS) is 15.9. The third-order valence-electron chi connectivity index (χ3n) is 5.13. The van der Waals surface area contributed by atoms with E-state index in [0.717, 1.165) is 5.56 Å². The number of benzene rings is 1. The van der Waals surface area contributed by atoms with Crippen molar-refractivity contribution in [2.45, 2.75) is 38.7 Å². The Morgan fingerprint density at radius 2 is 1.80 bits per heavy atom. The van der Waals surface area contributed by atoms with Crippen molar-refractivity contribution in [1.82, 2.24) is 15.5 Å². The van der Waals surface area contributed by atoms with Gasteiger partial charge in [0.1, 0.15) is 6.10 Å². The van der Waals surface area contributed by atoms with E-state index in [2.05, 4.69) is 10.6 Å². The van der Waals surface area contributed by atoms with Crippen LogP contribution < -0.4 is 10.6 Å². The number of urea groups is 1. The quantitative estimate of drug-likeness (QED) is 0.498. The Hall–Kier alpha value is -2.45. The first-order valence-corrected chi connectivity index (χ1v) is 10.6. The number of amides is 3. The number of hydrogen-bond acceptors (Lipinski definition) is 5. The lowest BCUT2D eigenvalue weighted by Crippen LogP contribution is -2.46. The molecule has 166 valence electrons. The van der Waals surface area contributed by atoms with Crippen LogP contribution in [-0.4, -0.2) is 73.2 Å². The predicted molar refractivity (Wildman–Crippen MR) is 113 cm³/mol. The van der Waals surface area contributed by atoms with Crippen molar-refractivity contribution >= 4 is 17.7 Å². The summed E-state index contributed by atoms with van der Waals surface area (Å²) >= 11 is 0. The number of morpholine rings is 1. The molecule has 2 rings (SSSR count). The molecule has 1 aliphatic heterocycles. The number of ketones is 1. The second kappa shape index (κ2) is 13.0. The van der Waals surface area contributed by atoms with Crippen LogP contribution in [0.3, 0.4) is 0 Å². The van der Waals surface area contributed by atoms with Crippen molar-refractivity contribution in [2.75, 3.05) is 39.4 Å². The number of nitrogens with zero attached hydrogens (tertiary/aromatic N) is 1. The number of carbonyl (C=O) groups excluding carboxylic acids is 3. The average Bonchev–Trinajstić information content (AvgIpc) is 2.77. The lowest BCUT2D eigenvalue weighted by Gasteiger charge is -2.27. The van der Waals surface area contributed by atoms with Crippen molar-refractivity contribution < 1.29 is 24.2 Å². The molecule has 0 radical (unpaired) electrons. The summed E-state index contributed by atoms with van der Waals surface area (Å²) in [5, 5.41) is 15.4. The summed E-state index contributed by atoms with van der Waals surface area (Å²) in [4.78, 5) is 37.8. The van der Waals surface area contributed by atoms with E-state index in [4.69, 9.17) is 4.74 Å². The monoisotopic (exact) mass is 419 g/mol. The summed E-state index contributed by atoms with van der Waals surface area (Å²) in [7, 11) is 0. The molecule has 8 heteroatoms. The molecule has 2 atom stereocenters. The lowest BCUT2D eigenvalue weighted by molar-refractivity contribution is -0.130. The second-order valence-corrected chi connectivity index (χ2v) is 7.71. The Labute approximate surface area is 178 Å². The zero-order chi connectivity index (χ0) is 21.8. The summed E-state index contributed by atoms with van der Waals surface area (Å²) in [6.07, 6.45) is 0.781. The smallest absolute Gasteiger partial charge is 0.317 e. The molecule has 1 aliphatic rings. The fourth-order valence-corrected chi connectivity index (χ4v) is 3.21. The maximum absolute atomic E-state index is 12.0. The van der Waals surface area contributed by atoms with E-state index in [1.165, 1.54) is 0 Å². The molecule has 1 heterocycles. The maximum atomic E-state index is 12.0. The number of aryl methyl sites for hydroxylation is 1. The van der Waals surface area contributed by atoms with Crippen molar-refractivity contribution in [2.24, 2.45) is 5.92 Å². The van der Waals surface area contributed by atoms with Gasteiger partial charge in [0.15, 0.2) is 5.78 Å². The van der Waals surface area contributed by atoms with Gasteiger partial charge in [-0.3, -0.25) is 9.59 Å². The van der Waals surface area contributed by atoms with Gasteiger partial charge in [0.05, 0.1) is 19.8 Å². The third kappa shape index (κ3) is 8.92. The van der Waals surface area contributed by atoms with E-state index >= 15 is 0 Å². The van der Waals surface area contributed by atoms with Gasteiger partial charge in [0.2, 0.25) is 5.91 Å². The number of Topliss-reactive ketones (excluding diaryl/α,β-unsaturated/α-hetero) is 1. The van der Waals surface area contributed by atoms with Crippen LogP contribution in [0, 0.1) is 5.92 Å². The minimum atomic E-state index is -1.08. The van der Waals surface area contributed by atoms with Crippen molar-refractivity contribution in [3.05, 3.63) is 35.9 Å². The number of nitrogens with one attached hydrogen (secondary N) is 2. The Morgan fingerprint density at radius 1 is 1.10 bits per heavy atom. The third-order valence-corrected chi connectivity index (χ3v) is 5.13. The molecule has 3 N–H and O–H groups in total. The number of rotatable bonds is 11. The van der Waals surface area contributed by atoms with Crippen LogP contribution >= 0.6 is 0 Å². The lowest BCUT2D eigenvalue weighted by atomic mass is 10.0. The van der Waals surface area contributed by atoms with Gasteiger partial charge in [-0.1, -0.05) is 37.3 Å². The first-order chi connectivity index (χ1) is 14.5. The molecule has 1 saturated heterocycles. The van der Waals surface area contributed by atoms with Gasteiger partial charge in [0, 0.05) is 26.1 Å². The molecular weight excluding hydrogens is 386 g/mol. The number of carbonyl (C=O) groups is 3. The molecule has 0 spiro atoms. The predicted octanol–water partition coefficient (Wildman–Crippen LogP) is 1.12. The van der Waals surface area contributed by atoms with E-state index in [1.54, 1.807) is 4.90 Å². The topological polar surface area (TPSA) is 108 Å². The highest BCUT2D eigenvalue weighted by Crippen LogP contribution is 2.08. The highest BCUT2D eigenvalue weighted by Gasteiger charge is 2.18. The Kier molecular flexibility index (Phi) is 10.3. The summed E-state index contributed by atoms with van der Waals surface area (Å²) in [5.41, 5.74) is 1.06. The van der Waals surface area contributed by atoms with Gasteiger partial charge in [-0.05, 0) is 30.7 Å². The van der Waals surface area contributed by atoms with Crippen LogP contribution in [0.1, 0.15) is 31.7 Å². The van der Waals surface area contributed by atoms with E-state index in [1.807, 2.05) is 37.3 Å². The van der Waals surface area contributed by atoms with Crippen LogP contribution in [0.15, 0.2) is 30.3 Å². The SMILES string of the molecule is CC(CCNC(=O)N1CCOCC1)CC(=O)NCC(=O)C(O)CCc1ccccc1. The number of ether oxygens (including phenoxy) is 1. The maximum Gasteiger partial charge on any atom is 0.317 e. The van der Waals surface area contributed by atoms with E-state index in [0.29, 0.717) is 52.1 Å². The summed E-state index contributed by atoms with van der Waals surface area (Å²) < 4.78 is 5.22. The van der Waals surface area contributed by atoms with Crippen LogP contribution in [0.4, 0.5) is 4.79 Å². The van der Waals surface area contributed by atoms with Gasteiger partial charge in [0.25, 0.3) is 0 Å². The highest BCUT2D eigenvalue weighted by atomic mass is 16.5. The van der Waals surface area contributed by atoms with Gasteiger partial charge >= 0.3 is 6.03 Å². The molecule has 0 bridgehead atoms. The number of aliphatic hydroxyl groups is 1. The minimum absolute atomic E-state index is 0.0631. The molecule has 1 aromatic carbocycles. The molecular formula is C22H33N3O5. The Morgan fingerprint density at radius 3 is 2.50 bits per heavy atom. The zero-order valence-electron chi connectivity index (χ0n) is 17.6. The van der Waals surface area contributed by atoms with Crippen molar-refractivity contribution in [3.63, 3.8) is 0 Å². The largest absolute Gasteiger partial charge is 0.385 e. The fraction of sp³-hybridized carbons (Fsp3) is 0.591. The fourth-order valence-electron chi connectivity index (χ4n) is 3.21. The molecule has 0 aliphatic carbocycles. The molecule has 1 aromatic rings. The van der Waals surface area contributed by atoms with E-state index in [-0.39, 0.29) is 36.6 Å². The zero-order valence-corrected chi connectivity index (χ0v) is 17.6. The van der Waals surface area contributed by atoms with Crippen LogP contribution in [-0.2, 0) is 20.7 Å². The van der Waals surface area contributed by atoms with E-state index < -0.39 is 6.10 Å². The highest BCUT2D eigenvalue weighted by molar-refractivity contribution is 5.88. The summed E-state index contributed by atoms with van der Waals surface area (Å²) in [6.45, 7) is 4.55. The first kappa shape index (κ1) is 23.8. The molecule has 0 saturated carbocycles. The standard InChI is InChI=1S/C22H33N3O5/c1-17(9-10-23-22(29)25-11-13-30-14-12-25)15-21(28)24-16-20(27)19(26)8-7-18-5-3-2-4-6-18/h2-6,17,19,26H,7-16H2,1H3,(H,23,29)(H,24,28).